The summed E-state index contributed by atoms with van der Waals surface area (Å²) in [5, 5.41) is 2.73. The number of para-hydroxylation sites is 1. The summed E-state index contributed by atoms with van der Waals surface area (Å²) < 4.78 is 14.3. The minimum atomic E-state index is -0.357. The summed E-state index contributed by atoms with van der Waals surface area (Å²) in [6.45, 7) is -0.0714. The highest BCUT2D eigenvalue weighted by Crippen LogP contribution is 2.22. The number of anilines is 1. The minimum absolute atomic E-state index is 0.0692. The molecule has 2 aromatic carbocycles. The number of halogens is 2. The molecule has 0 bridgehead atoms. The van der Waals surface area contributed by atoms with E-state index in [4.69, 9.17) is 0 Å². The molecule has 2 amide bonds. The van der Waals surface area contributed by atoms with Gasteiger partial charge in [0.1, 0.15) is 5.82 Å². The second-order valence-electron chi connectivity index (χ2n) is 5.00. The Kier molecular flexibility index (Phi) is 6.81. The maximum atomic E-state index is 13.5. The summed E-state index contributed by atoms with van der Waals surface area (Å²) >= 11 is 4.45. The van der Waals surface area contributed by atoms with E-state index in [1.54, 1.807) is 37.4 Å². The van der Waals surface area contributed by atoms with E-state index in [-0.39, 0.29) is 29.9 Å². The lowest BCUT2D eigenvalue weighted by Gasteiger charge is -2.17. The van der Waals surface area contributed by atoms with Gasteiger partial charge in [0.2, 0.25) is 11.8 Å². The minimum Gasteiger partial charge on any atom is -0.336 e. The summed E-state index contributed by atoms with van der Waals surface area (Å²) in [6, 6.07) is 13.5. The van der Waals surface area contributed by atoms with Crippen molar-refractivity contribution in [1.82, 2.24) is 4.90 Å². The smallest absolute Gasteiger partial charge is 0.244 e. The lowest BCUT2D eigenvalue weighted by Crippen LogP contribution is -2.36. The summed E-state index contributed by atoms with van der Waals surface area (Å²) in [6.07, 6.45) is 0. The van der Waals surface area contributed by atoms with Gasteiger partial charge >= 0.3 is 0 Å². The predicted molar refractivity (Wildman–Crippen MR) is 97.5 cm³/mol. The molecule has 0 atom stereocenters. The zero-order chi connectivity index (χ0) is 17.5. The molecule has 0 saturated carbocycles. The lowest BCUT2D eigenvalue weighted by atomic mass is 10.3. The van der Waals surface area contributed by atoms with E-state index in [0.717, 1.165) is 16.2 Å². The SMILES string of the molecule is CN(CC(=O)Nc1ccccc1Br)C(=O)CSc1ccccc1F. The highest BCUT2D eigenvalue weighted by atomic mass is 79.9. The van der Waals surface area contributed by atoms with Crippen molar-refractivity contribution in [3.8, 4) is 0 Å². The van der Waals surface area contributed by atoms with E-state index in [1.165, 1.54) is 11.0 Å². The first kappa shape index (κ1) is 18.5. The van der Waals surface area contributed by atoms with Gasteiger partial charge in [0, 0.05) is 16.4 Å². The number of thioether (sulfide) groups is 1. The molecule has 0 aliphatic heterocycles. The van der Waals surface area contributed by atoms with Gasteiger partial charge in [0.15, 0.2) is 0 Å². The molecule has 0 fully saturated rings. The van der Waals surface area contributed by atoms with Crippen LogP contribution in [-0.4, -0.2) is 36.1 Å². The molecule has 0 unspecified atom stereocenters. The van der Waals surface area contributed by atoms with Gasteiger partial charge in [-0.25, -0.2) is 4.39 Å². The van der Waals surface area contributed by atoms with Gasteiger partial charge < -0.3 is 10.2 Å². The number of carbonyl (C=O) groups is 2. The predicted octanol–water partition coefficient (Wildman–Crippen LogP) is 3.78. The second kappa shape index (κ2) is 8.84. The number of benzene rings is 2. The quantitative estimate of drug-likeness (QED) is 0.737. The van der Waals surface area contributed by atoms with Crippen LogP contribution in [0.4, 0.5) is 10.1 Å². The second-order valence-corrected chi connectivity index (χ2v) is 6.87. The van der Waals surface area contributed by atoms with Crippen molar-refractivity contribution in [2.24, 2.45) is 0 Å². The van der Waals surface area contributed by atoms with Gasteiger partial charge in [-0.15, -0.1) is 11.8 Å². The van der Waals surface area contributed by atoms with Crippen molar-refractivity contribution in [3.63, 3.8) is 0 Å². The molecule has 0 aliphatic rings. The number of nitrogens with one attached hydrogen (secondary N) is 1. The molecule has 0 heterocycles. The third-order valence-corrected chi connectivity index (χ3v) is 4.87. The topological polar surface area (TPSA) is 49.4 Å². The lowest BCUT2D eigenvalue weighted by molar-refractivity contribution is -0.131. The largest absolute Gasteiger partial charge is 0.336 e. The first-order valence-corrected chi connectivity index (χ1v) is 8.91. The van der Waals surface area contributed by atoms with Gasteiger partial charge in [-0.3, -0.25) is 9.59 Å². The Morgan fingerprint density at radius 3 is 2.54 bits per heavy atom. The maximum Gasteiger partial charge on any atom is 0.244 e. The number of likely N-dealkylation sites (N-methyl/N-ethyl adjacent to an activating group) is 1. The van der Waals surface area contributed by atoms with Crippen LogP contribution < -0.4 is 5.32 Å². The monoisotopic (exact) mass is 410 g/mol. The Labute approximate surface area is 152 Å². The van der Waals surface area contributed by atoms with Crippen molar-refractivity contribution in [1.29, 1.82) is 0 Å². The fourth-order valence-electron chi connectivity index (χ4n) is 1.87. The highest BCUT2D eigenvalue weighted by Gasteiger charge is 2.15. The molecule has 1 N–H and O–H groups in total. The summed E-state index contributed by atoms with van der Waals surface area (Å²) in [5.41, 5.74) is 0.643. The summed E-state index contributed by atoms with van der Waals surface area (Å²) in [5.74, 6) is -0.830. The molecule has 0 aromatic heterocycles. The summed E-state index contributed by atoms with van der Waals surface area (Å²) in [4.78, 5) is 25.8. The molecule has 4 nitrogen and oxygen atoms in total. The van der Waals surface area contributed by atoms with Crippen LogP contribution in [0.5, 0.6) is 0 Å². The third kappa shape index (κ3) is 5.35. The molecule has 2 rings (SSSR count). The van der Waals surface area contributed by atoms with Crippen molar-refractivity contribution < 1.29 is 14.0 Å². The highest BCUT2D eigenvalue weighted by molar-refractivity contribution is 9.10. The Bertz CT molecular complexity index is 742. The number of amides is 2. The molecule has 7 heteroatoms. The molecule has 0 spiro atoms. The Morgan fingerprint density at radius 1 is 1.17 bits per heavy atom. The van der Waals surface area contributed by atoms with Crippen molar-refractivity contribution in [2.45, 2.75) is 4.90 Å². The molecule has 24 heavy (non-hydrogen) atoms. The van der Waals surface area contributed by atoms with Gasteiger partial charge in [-0.2, -0.15) is 0 Å². The van der Waals surface area contributed by atoms with Crippen LogP contribution >= 0.6 is 27.7 Å². The Morgan fingerprint density at radius 2 is 1.83 bits per heavy atom. The molecular formula is C17H16BrFN2O2S. The van der Waals surface area contributed by atoms with Crippen molar-refractivity contribution in [3.05, 3.63) is 58.8 Å². The molecule has 0 radical (unpaired) electrons. The van der Waals surface area contributed by atoms with Gasteiger partial charge in [0.25, 0.3) is 0 Å². The van der Waals surface area contributed by atoms with Crippen LogP contribution in [0, 0.1) is 5.82 Å². The Hall–Kier alpha value is -1.86. The molecule has 0 aliphatic carbocycles. The average Bonchev–Trinajstić information content (AvgIpc) is 2.56. The number of hydrogen-bond donors (Lipinski definition) is 1. The number of hydrogen-bond acceptors (Lipinski definition) is 3. The number of nitrogens with zero attached hydrogens (tertiary/aromatic N) is 1. The summed E-state index contributed by atoms with van der Waals surface area (Å²) in [7, 11) is 1.55. The van der Waals surface area contributed by atoms with Crippen LogP contribution in [0.2, 0.25) is 0 Å². The number of carbonyl (C=O) groups excluding carboxylic acids is 2. The normalized spacial score (nSPS) is 10.3. The molecular weight excluding hydrogens is 395 g/mol. The first-order chi connectivity index (χ1) is 11.5. The molecule has 0 saturated heterocycles. The molecule has 126 valence electrons. The van der Waals surface area contributed by atoms with E-state index in [0.29, 0.717) is 10.6 Å². The zero-order valence-corrected chi connectivity index (χ0v) is 15.4. The fraction of sp³-hybridized carbons (Fsp3) is 0.176. The van der Waals surface area contributed by atoms with Crippen molar-refractivity contribution >= 4 is 45.2 Å². The standard InChI is InChI=1S/C17H16BrFN2O2S/c1-21(10-16(22)20-14-8-4-2-6-12(14)18)17(23)11-24-15-9-5-3-7-13(15)19/h2-9H,10-11H2,1H3,(H,20,22). The van der Waals surface area contributed by atoms with E-state index >= 15 is 0 Å². The van der Waals surface area contributed by atoms with Gasteiger partial charge in [-0.1, -0.05) is 24.3 Å². The molecule has 2 aromatic rings. The third-order valence-electron chi connectivity index (χ3n) is 3.14. The van der Waals surface area contributed by atoms with Gasteiger partial charge in [-0.05, 0) is 40.2 Å². The van der Waals surface area contributed by atoms with Crippen molar-refractivity contribution in [2.75, 3.05) is 24.7 Å². The zero-order valence-electron chi connectivity index (χ0n) is 13.0. The maximum absolute atomic E-state index is 13.5. The van der Waals surface area contributed by atoms with Crippen LogP contribution in [0.3, 0.4) is 0 Å². The average molecular weight is 411 g/mol. The van der Waals surface area contributed by atoms with Crippen LogP contribution in [0.15, 0.2) is 57.9 Å². The van der Waals surface area contributed by atoms with E-state index in [2.05, 4.69) is 21.2 Å². The Balaban J connectivity index is 1.84. The van der Waals surface area contributed by atoms with E-state index < -0.39 is 0 Å². The van der Waals surface area contributed by atoms with Gasteiger partial charge in [0.05, 0.1) is 18.0 Å². The van der Waals surface area contributed by atoms with Crippen LogP contribution in [0.1, 0.15) is 0 Å². The number of rotatable bonds is 6. The van der Waals surface area contributed by atoms with E-state index in [9.17, 15) is 14.0 Å². The fourth-order valence-corrected chi connectivity index (χ4v) is 3.13. The van der Waals surface area contributed by atoms with E-state index in [1.807, 2.05) is 12.1 Å². The van der Waals surface area contributed by atoms with Crippen LogP contribution in [-0.2, 0) is 9.59 Å². The first-order valence-electron chi connectivity index (χ1n) is 7.13. The van der Waals surface area contributed by atoms with Crippen LogP contribution in [0.25, 0.3) is 0 Å².